The summed E-state index contributed by atoms with van der Waals surface area (Å²) in [6, 6.07) is 0.152. The van der Waals surface area contributed by atoms with Crippen molar-refractivity contribution in [2.75, 3.05) is 5.73 Å². The van der Waals surface area contributed by atoms with Crippen molar-refractivity contribution >= 4 is 22.9 Å². The lowest BCUT2D eigenvalue weighted by molar-refractivity contribution is -0.122. The number of aromatic nitrogens is 4. The first-order chi connectivity index (χ1) is 11.5. The Kier molecular flexibility index (Phi) is 3.62. The Labute approximate surface area is 138 Å². The van der Waals surface area contributed by atoms with Gasteiger partial charge in [0.25, 0.3) is 0 Å². The fourth-order valence-electron chi connectivity index (χ4n) is 4.52. The van der Waals surface area contributed by atoms with Crippen molar-refractivity contribution in [3.05, 3.63) is 12.4 Å². The number of carbonyl (C=O) groups is 1. The third kappa shape index (κ3) is 2.59. The maximum atomic E-state index is 13.3. The standard InChI is InChI=1S/C16H21FN6O/c1-8(11-5-9-2-3-10(11)4-9)20-12(24)6-23-7-19-13-14(18)21-16(17)22-15(13)23/h7-11H,2-6H2,1H3,(H,20,24)(H2,18,21,22). The monoisotopic (exact) mass is 332 g/mol. The zero-order valence-corrected chi connectivity index (χ0v) is 13.6. The van der Waals surface area contributed by atoms with E-state index in [9.17, 15) is 9.18 Å². The number of nitrogens with zero attached hydrogens (tertiary/aromatic N) is 4. The number of carbonyl (C=O) groups excluding carboxylic acids is 1. The van der Waals surface area contributed by atoms with E-state index < -0.39 is 6.08 Å². The number of hydrogen-bond donors (Lipinski definition) is 2. The second-order valence-corrected chi connectivity index (χ2v) is 7.12. The largest absolute Gasteiger partial charge is 0.382 e. The molecule has 2 saturated carbocycles. The fourth-order valence-corrected chi connectivity index (χ4v) is 4.52. The molecule has 2 fully saturated rings. The molecular weight excluding hydrogens is 311 g/mol. The molecule has 2 heterocycles. The van der Waals surface area contributed by atoms with Crippen LogP contribution in [0.15, 0.2) is 6.33 Å². The average molecular weight is 332 g/mol. The van der Waals surface area contributed by atoms with Gasteiger partial charge in [-0.15, -0.1) is 0 Å². The predicted molar refractivity (Wildman–Crippen MR) is 86.2 cm³/mol. The van der Waals surface area contributed by atoms with Crippen LogP contribution in [-0.2, 0) is 11.3 Å². The molecule has 4 atom stereocenters. The summed E-state index contributed by atoms with van der Waals surface area (Å²) in [6.07, 6.45) is 5.68. The number of nitrogen functional groups attached to an aromatic ring is 1. The van der Waals surface area contributed by atoms with Gasteiger partial charge in [0, 0.05) is 6.04 Å². The lowest BCUT2D eigenvalue weighted by atomic mass is 9.84. The Hall–Kier alpha value is -2.25. The van der Waals surface area contributed by atoms with Crippen molar-refractivity contribution in [1.29, 1.82) is 0 Å². The minimum atomic E-state index is -0.919. The molecule has 4 unspecified atom stereocenters. The van der Waals surface area contributed by atoms with Gasteiger partial charge in [0.15, 0.2) is 11.5 Å². The second kappa shape index (κ2) is 5.68. The number of amides is 1. The number of imidazole rings is 1. The molecule has 0 spiro atoms. The van der Waals surface area contributed by atoms with Crippen molar-refractivity contribution in [2.24, 2.45) is 17.8 Å². The zero-order chi connectivity index (χ0) is 16.8. The van der Waals surface area contributed by atoms with Gasteiger partial charge in [-0.25, -0.2) is 4.98 Å². The quantitative estimate of drug-likeness (QED) is 0.827. The smallest absolute Gasteiger partial charge is 0.312 e. The molecule has 8 heteroatoms. The first-order valence-electron chi connectivity index (χ1n) is 8.44. The van der Waals surface area contributed by atoms with Crippen LogP contribution in [0.25, 0.3) is 11.2 Å². The van der Waals surface area contributed by atoms with Gasteiger partial charge in [-0.3, -0.25) is 4.79 Å². The lowest BCUT2D eigenvalue weighted by Gasteiger charge is -2.28. The van der Waals surface area contributed by atoms with Crippen LogP contribution >= 0.6 is 0 Å². The van der Waals surface area contributed by atoms with E-state index in [4.69, 9.17) is 5.73 Å². The normalized spacial score (nSPS) is 26.8. The Morgan fingerprint density at radius 2 is 2.29 bits per heavy atom. The van der Waals surface area contributed by atoms with Gasteiger partial charge in [0.05, 0.1) is 6.33 Å². The summed E-state index contributed by atoms with van der Waals surface area (Å²) >= 11 is 0. The second-order valence-electron chi connectivity index (χ2n) is 7.12. The topological polar surface area (TPSA) is 98.7 Å². The highest BCUT2D eigenvalue weighted by Gasteiger charge is 2.42. The molecule has 0 radical (unpaired) electrons. The maximum absolute atomic E-state index is 13.3. The Bertz CT molecular complexity index is 790. The first kappa shape index (κ1) is 15.3. The highest BCUT2D eigenvalue weighted by atomic mass is 19.1. The SMILES string of the molecule is CC(NC(=O)Cn1cnc2c(N)nc(F)nc21)C1CC2CCC1C2. The Morgan fingerprint density at radius 3 is 3.00 bits per heavy atom. The van der Waals surface area contributed by atoms with Crippen molar-refractivity contribution in [2.45, 2.75) is 45.2 Å². The van der Waals surface area contributed by atoms with Gasteiger partial charge in [0.2, 0.25) is 5.91 Å². The van der Waals surface area contributed by atoms with Crippen molar-refractivity contribution in [3.8, 4) is 0 Å². The summed E-state index contributed by atoms with van der Waals surface area (Å²) in [4.78, 5) is 23.6. The fraction of sp³-hybridized carbons (Fsp3) is 0.625. The number of fused-ring (bicyclic) bond motifs is 3. The molecule has 7 nitrogen and oxygen atoms in total. The Balaban J connectivity index is 1.45. The summed E-state index contributed by atoms with van der Waals surface area (Å²) in [5.74, 6) is 2.03. The molecule has 2 aliphatic carbocycles. The minimum Gasteiger partial charge on any atom is -0.382 e. The van der Waals surface area contributed by atoms with Gasteiger partial charge in [-0.1, -0.05) is 6.42 Å². The molecule has 3 N–H and O–H groups in total. The third-order valence-electron chi connectivity index (χ3n) is 5.60. The van der Waals surface area contributed by atoms with Gasteiger partial charge in [-0.05, 0) is 43.9 Å². The van der Waals surface area contributed by atoms with E-state index in [1.165, 1.54) is 36.6 Å². The summed E-state index contributed by atoms with van der Waals surface area (Å²) in [5, 5.41) is 3.08. The summed E-state index contributed by atoms with van der Waals surface area (Å²) in [7, 11) is 0. The molecule has 2 aromatic heterocycles. The number of halogens is 1. The van der Waals surface area contributed by atoms with Crippen LogP contribution in [0.3, 0.4) is 0 Å². The van der Waals surface area contributed by atoms with Crippen LogP contribution in [0.1, 0.15) is 32.6 Å². The van der Waals surface area contributed by atoms with Crippen LogP contribution in [0.4, 0.5) is 10.2 Å². The van der Waals surface area contributed by atoms with Crippen LogP contribution in [0.2, 0.25) is 0 Å². The first-order valence-corrected chi connectivity index (χ1v) is 8.44. The van der Waals surface area contributed by atoms with Crippen LogP contribution in [-0.4, -0.2) is 31.5 Å². The van der Waals surface area contributed by atoms with E-state index in [1.807, 2.05) is 0 Å². The summed E-state index contributed by atoms with van der Waals surface area (Å²) in [5.41, 5.74) is 6.18. The lowest BCUT2D eigenvalue weighted by Crippen LogP contribution is -2.41. The van der Waals surface area contributed by atoms with Crippen molar-refractivity contribution in [3.63, 3.8) is 0 Å². The zero-order valence-electron chi connectivity index (χ0n) is 13.6. The van der Waals surface area contributed by atoms with Crippen LogP contribution in [0.5, 0.6) is 0 Å². The van der Waals surface area contributed by atoms with Gasteiger partial charge >= 0.3 is 6.08 Å². The van der Waals surface area contributed by atoms with Crippen molar-refractivity contribution < 1.29 is 9.18 Å². The molecule has 0 aromatic carbocycles. The van der Waals surface area contributed by atoms with Crippen molar-refractivity contribution in [1.82, 2.24) is 24.8 Å². The van der Waals surface area contributed by atoms with Crippen LogP contribution in [0, 0.1) is 23.8 Å². The minimum absolute atomic E-state index is 0.0213. The van der Waals surface area contributed by atoms with Gasteiger partial charge in [-0.2, -0.15) is 14.4 Å². The third-order valence-corrected chi connectivity index (χ3v) is 5.60. The summed E-state index contributed by atoms with van der Waals surface area (Å²) < 4.78 is 14.8. The van der Waals surface area contributed by atoms with E-state index in [2.05, 4.69) is 27.2 Å². The van der Waals surface area contributed by atoms with Gasteiger partial charge in [0.1, 0.15) is 12.1 Å². The molecular formula is C16H21FN6O. The molecule has 1 amide bonds. The summed E-state index contributed by atoms with van der Waals surface area (Å²) in [6.45, 7) is 2.12. The molecule has 0 aliphatic heterocycles. The van der Waals surface area contributed by atoms with E-state index in [0.29, 0.717) is 11.4 Å². The van der Waals surface area contributed by atoms with E-state index in [-0.39, 0.29) is 30.0 Å². The van der Waals surface area contributed by atoms with E-state index in [1.54, 1.807) is 0 Å². The molecule has 24 heavy (non-hydrogen) atoms. The average Bonchev–Trinajstić information content (AvgIpc) is 3.23. The number of nitrogens with one attached hydrogen (secondary N) is 1. The Morgan fingerprint density at radius 1 is 1.46 bits per heavy atom. The highest BCUT2D eigenvalue weighted by Crippen LogP contribution is 2.49. The highest BCUT2D eigenvalue weighted by molar-refractivity contribution is 5.83. The molecule has 0 saturated heterocycles. The maximum Gasteiger partial charge on any atom is 0.312 e. The number of rotatable bonds is 4. The number of nitrogens with two attached hydrogens (primary N) is 1. The van der Waals surface area contributed by atoms with E-state index >= 15 is 0 Å². The molecule has 2 bridgehead atoms. The van der Waals surface area contributed by atoms with E-state index in [0.717, 1.165) is 11.8 Å². The molecule has 2 aliphatic rings. The number of anilines is 1. The molecule has 2 aromatic rings. The van der Waals surface area contributed by atoms with Gasteiger partial charge < -0.3 is 15.6 Å². The number of hydrogen-bond acceptors (Lipinski definition) is 5. The molecule has 4 rings (SSSR count). The molecule has 128 valence electrons. The predicted octanol–water partition coefficient (Wildman–Crippen LogP) is 1.49. The van der Waals surface area contributed by atoms with Crippen LogP contribution < -0.4 is 11.1 Å².